The molecule has 0 aromatic heterocycles. The average Bonchev–Trinajstić information content (AvgIpc) is 1.30. The zero-order chi connectivity index (χ0) is 5.91. The summed E-state index contributed by atoms with van der Waals surface area (Å²) < 4.78 is 4.51. The van der Waals surface area contributed by atoms with E-state index in [0.717, 1.165) is 0 Å². The summed E-state index contributed by atoms with van der Waals surface area (Å²) in [5.41, 5.74) is 0. The van der Waals surface area contributed by atoms with Crippen LogP contribution in [0.1, 0.15) is 13.8 Å². The molecule has 0 bridgehead atoms. The van der Waals surface area contributed by atoms with Crippen LogP contribution < -0.4 is 0 Å². The normalized spacial score (nSPS) is 10.7. The van der Waals surface area contributed by atoms with Gasteiger partial charge in [0.25, 0.3) is 6.47 Å². The van der Waals surface area contributed by atoms with Gasteiger partial charge in [-0.25, -0.2) is 0 Å². The molecule has 0 aliphatic rings. The standard InChI is InChI=1S/C4H9O2P/c1-4(2,7)6-3-5/h3H,7H2,1-2H3. The lowest BCUT2D eigenvalue weighted by molar-refractivity contribution is -0.133. The van der Waals surface area contributed by atoms with Crippen molar-refractivity contribution in [3.05, 3.63) is 0 Å². The smallest absolute Gasteiger partial charge is 0.293 e. The third kappa shape index (κ3) is 5.90. The topological polar surface area (TPSA) is 26.3 Å². The van der Waals surface area contributed by atoms with E-state index in [1.165, 1.54) is 0 Å². The third-order valence-electron chi connectivity index (χ3n) is 0.352. The van der Waals surface area contributed by atoms with E-state index < -0.39 is 5.34 Å². The molecule has 0 rings (SSSR count). The Labute approximate surface area is 45.4 Å². The summed E-state index contributed by atoms with van der Waals surface area (Å²) in [6, 6.07) is 0. The number of hydrogen-bond acceptors (Lipinski definition) is 2. The number of carbonyl (C=O) groups is 1. The molecule has 0 aliphatic heterocycles. The van der Waals surface area contributed by atoms with Gasteiger partial charge in [0, 0.05) is 0 Å². The molecule has 0 saturated heterocycles. The van der Waals surface area contributed by atoms with Gasteiger partial charge in [-0.1, -0.05) is 9.24 Å². The molecular weight excluding hydrogens is 111 g/mol. The molecule has 0 spiro atoms. The molecule has 0 aliphatic carbocycles. The summed E-state index contributed by atoms with van der Waals surface area (Å²) in [6.07, 6.45) is 0. The zero-order valence-corrected chi connectivity index (χ0v) is 5.63. The van der Waals surface area contributed by atoms with Gasteiger partial charge in [0.2, 0.25) is 0 Å². The maximum Gasteiger partial charge on any atom is 0.293 e. The minimum atomic E-state index is -0.401. The van der Waals surface area contributed by atoms with Crippen molar-refractivity contribution in [2.75, 3.05) is 0 Å². The van der Waals surface area contributed by atoms with Gasteiger partial charge in [0.15, 0.2) is 0 Å². The van der Waals surface area contributed by atoms with Crippen molar-refractivity contribution >= 4 is 15.7 Å². The van der Waals surface area contributed by atoms with E-state index in [2.05, 4.69) is 14.0 Å². The van der Waals surface area contributed by atoms with Crippen LogP contribution in [0.25, 0.3) is 0 Å². The maximum absolute atomic E-state index is 9.58. The van der Waals surface area contributed by atoms with Gasteiger partial charge in [-0.15, -0.1) is 0 Å². The SMILES string of the molecule is CC(C)(P)OC=O. The number of carbonyl (C=O) groups excluding carboxylic acids is 1. The fourth-order valence-electron chi connectivity index (χ4n) is 0.124. The van der Waals surface area contributed by atoms with Gasteiger partial charge in [0.05, 0.1) is 0 Å². The fraction of sp³-hybridized carbons (Fsp3) is 0.750. The highest BCUT2D eigenvalue weighted by atomic mass is 31.0. The molecule has 2 nitrogen and oxygen atoms in total. The molecule has 0 aromatic carbocycles. The monoisotopic (exact) mass is 120 g/mol. The minimum Gasteiger partial charge on any atom is -0.458 e. The van der Waals surface area contributed by atoms with Crippen molar-refractivity contribution in [3.8, 4) is 0 Å². The molecule has 0 heterocycles. The van der Waals surface area contributed by atoms with E-state index >= 15 is 0 Å². The largest absolute Gasteiger partial charge is 0.458 e. The first-order valence-electron chi connectivity index (χ1n) is 1.96. The van der Waals surface area contributed by atoms with Crippen LogP contribution in [0.15, 0.2) is 0 Å². The lowest BCUT2D eigenvalue weighted by Crippen LogP contribution is -2.12. The second-order valence-electron chi connectivity index (χ2n) is 1.82. The van der Waals surface area contributed by atoms with Gasteiger partial charge in [0.1, 0.15) is 5.34 Å². The quantitative estimate of drug-likeness (QED) is 0.397. The van der Waals surface area contributed by atoms with E-state index in [0.29, 0.717) is 6.47 Å². The summed E-state index contributed by atoms with van der Waals surface area (Å²) in [6.45, 7) is 4.01. The summed E-state index contributed by atoms with van der Waals surface area (Å²) >= 11 is 0. The third-order valence-corrected chi connectivity index (χ3v) is 0.488. The van der Waals surface area contributed by atoms with E-state index in [4.69, 9.17) is 0 Å². The molecule has 7 heavy (non-hydrogen) atoms. The van der Waals surface area contributed by atoms with E-state index in [1.54, 1.807) is 13.8 Å². The number of ether oxygens (including phenoxy) is 1. The minimum absolute atomic E-state index is 0.401. The molecule has 0 fully saturated rings. The van der Waals surface area contributed by atoms with Crippen LogP contribution in [0.3, 0.4) is 0 Å². The second kappa shape index (κ2) is 2.27. The van der Waals surface area contributed by atoms with Crippen molar-refractivity contribution in [2.24, 2.45) is 0 Å². The Hall–Kier alpha value is -0.100. The van der Waals surface area contributed by atoms with Crippen LogP contribution in [0, 0.1) is 0 Å². The molecule has 1 atom stereocenters. The van der Waals surface area contributed by atoms with E-state index in [-0.39, 0.29) is 0 Å². The zero-order valence-electron chi connectivity index (χ0n) is 4.47. The summed E-state index contributed by atoms with van der Waals surface area (Å²) in [5.74, 6) is 0. The molecule has 0 saturated carbocycles. The highest BCUT2D eigenvalue weighted by Crippen LogP contribution is 2.15. The van der Waals surface area contributed by atoms with Crippen molar-refractivity contribution in [3.63, 3.8) is 0 Å². The summed E-state index contributed by atoms with van der Waals surface area (Å²) in [5, 5.41) is -0.401. The Balaban J connectivity index is 3.34. The van der Waals surface area contributed by atoms with Crippen molar-refractivity contribution in [1.29, 1.82) is 0 Å². The predicted octanol–water partition coefficient (Wildman–Crippen LogP) is 0.771. The summed E-state index contributed by atoms with van der Waals surface area (Å²) in [7, 11) is 2.38. The fourth-order valence-corrected chi connectivity index (χ4v) is 0.180. The van der Waals surface area contributed by atoms with Crippen LogP contribution >= 0.6 is 9.24 Å². The highest BCUT2D eigenvalue weighted by molar-refractivity contribution is 7.18. The Bertz CT molecular complexity index is 64.6. The van der Waals surface area contributed by atoms with Crippen LogP contribution in [0.4, 0.5) is 0 Å². The van der Waals surface area contributed by atoms with Gasteiger partial charge >= 0.3 is 0 Å². The van der Waals surface area contributed by atoms with Gasteiger partial charge in [-0.3, -0.25) is 4.79 Å². The Morgan fingerprint density at radius 2 is 2.14 bits per heavy atom. The molecule has 0 radical (unpaired) electrons. The molecule has 0 aromatic rings. The van der Waals surface area contributed by atoms with Gasteiger partial charge in [-0.2, -0.15) is 0 Å². The second-order valence-corrected chi connectivity index (χ2v) is 3.21. The van der Waals surface area contributed by atoms with Gasteiger partial charge in [-0.05, 0) is 13.8 Å². The van der Waals surface area contributed by atoms with Crippen molar-refractivity contribution in [1.82, 2.24) is 0 Å². The highest BCUT2D eigenvalue weighted by Gasteiger charge is 2.07. The number of hydrogen-bond donors (Lipinski definition) is 0. The first-order valence-corrected chi connectivity index (χ1v) is 2.54. The molecule has 3 heteroatoms. The molecular formula is C4H9O2P. The Morgan fingerprint density at radius 3 is 2.14 bits per heavy atom. The number of rotatable bonds is 2. The molecule has 0 N–H and O–H groups in total. The van der Waals surface area contributed by atoms with Crippen LogP contribution in [-0.2, 0) is 9.53 Å². The molecule has 0 amide bonds. The lowest BCUT2D eigenvalue weighted by atomic mass is 10.5. The maximum atomic E-state index is 9.58. The van der Waals surface area contributed by atoms with Crippen LogP contribution in [-0.4, -0.2) is 11.8 Å². The lowest BCUT2D eigenvalue weighted by Gasteiger charge is -2.14. The predicted molar refractivity (Wildman–Crippen MR) is 30.9 cm³/mol. The van der Waals surface area contributed by atoms with Crippen molar-refractivity contribution < 1.29 is 9.53 Å². The van der Waals surface area contributed by atoms with Crippen molar-refractivity contribution in [2.45, 2.75) is 19.2 Å². The Morgan fingerprint density at radius 1 is 1.71 bits per heavy atom. The first-order chi connectivity index (χ1) is 3.06. The first kappa shape index (κ1) is 6.90. The average molecular weight is 120 g/mol. The van der Waals surface area contributed by atoms with Crippen LogP contribution in [0.5, 0.6) is 0 Å². The Kier molecular flexibility index (Phi) is 2.24. The van der Waals surface area contributed by atoms with E-state index in [1.807, 2.05) is 0 Å². The molecule has 42 valence electrons. The van der Waals surface area contributed by atoms with E-state index in [9.17, 15) is 4.79 Å². The van der Waals surface area contributed by atoms with Gasteiger partial charge < -0.3 is 4.74 Å². The molecule has 1 unspecified atom stereocenters. The van der Waals surface area contributed by atoms with Crippen LogP contribution in [0.2, 0.25) is 0 Å². The summed E-state index contributed by atoms with van der Waals surface area (Å²) in [4.78, 5) is 9.58.